The first-order chi connectivity index (χ1) is 14.2. The van der Waals surface area contributed by atoms with Gasteiger partial charge in [0.15, 0.2) is 0 Å². The number of ether oxygens (including phenoxy) is 1. The van der Waals surface area contributed by atoms with Crippen molar-refractivity contribution in [2.45, 2.75) is 19.5 Å². The van der Waals surface area contributed by atoms with Gasteiger partial charge in [-0.15, -0.1) is 0 Å². The van der Waals surface area contributed by atoms with Crippen LogP contribution in [0.3, 0.4) is 0 Å². The molecule has 29 heavy (non-hydrogen) atoms. The van der Waals surface area contributed by atoms with Crippen molar-refractivity contribution in [1.82, 2.24) is 9.88 Å². The molecule has 4 aromatic rings. The van der Waals surface area contributed by atoms with Crippen LogP contribution in [0.4, 0.5) is 0 Å². The van der Waals surface area contributed by atoms with Crippen LogP contribution in [-0.2, 0) is 19.5 Å². The average Bonchev–Trinajstić information content (AvgIpc) is 3.09. The largest absolute Gasteiger partial charge is 0.497 e. The second-order valence-electron chi connectivity index (χ2n) is 7.20. The van der Waals surface area contributed by atoms with Gasteiger partial charge < -0.3 is 14.6 Å². The highest BCUT2D eigenvalue weighted by Crippen LogP contribution is 2.23. The summed E-state index contributed by atoms with van der Waals surface area (Å²) in [6.07, 6.45) is 3.25. The lowest BCUT2D eigenvalue weighted by Gasteiger charge is -2.06. The molecule has 0 unspecified atom stereocenters. The first-order valence-electron chi connectivity index (χ1n) is 9.88. The fourth-order valence-electron chi connectivity index (χ4n) is 3.67. The summed E-state index contributed by atoms with van der Waals surface area (Å²) in [5.74, 6) is 0.897. The van der Waals surface area contributed by atoms with Crippen molar-refractivity contribution in [3.8, 4) is 5.75 Å². The highest BCUT2D eigenvalue weighted by molar-refractivity contribution is 6.30. The zero-order valence-corrected chi connectivity index (χ0v) is 17.3. The van der Waals surface area contributed by atoms with Gasteiger partial charge in [0, 0.05) is 35.2 Å². The Hall–Kier alpha value is -2.75. The third-order valence-corrected chi connectivity index (χ3v) is 5.41. The van der Waals surface area contributed by atoms with Crippen LogP contribution >= 0.6 is 11.6 Å². The highest BCUT2D eigenvalue weighted by atomic mass is 35.5. The molecule has 0 aliphatic heterocycles. The predicted molar refractivity (Wildman–Crippen MR) is 121 cm³/mol. The SMILES string of the molecule is COc1ccc(CCNCc2cn(Cc3cccc(Cl)c3)c3ccccc23)cc1. The average molecular weight is 405 g/mol. The molecule has 3 nitrogen and oxygen atoms in total. The standard InChI is InChI=1S/C25H25ClN2O/c1-29-23-11-9-19(10-12-23)13-14-27-16-21-18-28(25-8-3-2-7-24(21)25)17-20-5-4-6-22(26)15-20/h2-12,15,18,27H,13-14,16-17H2,1H3. The Morgan fingerprint density at radius 2 is 1.76 bits per heavy atom. The third kappa shape index (κ3) is 4.81. The van der Waals surface area contributed by atoms with E-state index >= 15 is 0 Å². The monoisotopic (exact) mass is 404 g/mol. The fourth-order valence-corrected chi connectivity index (χ4v) is 3.89. The molecule has 0 aliphatic carbocycles. The number of methoxy groups -OCH3 is 1. The van der Waals surface area contributed by atoms with Crippen molar-refractivity contribution >= 4 is 22.5 Å². The highest BCUT2D eigenvalue weighted by Gasteiger charge is 2.08. The first kappa shape index (κ1) is 19.6. The second kappa shape index (κ2) is 9.17. The Bertz CT molecular complexity index is 1090. The first-order valence-corrected chi connectivity index (χ1v) is 10.3. The number of aromatic nitrogens is 1. The lowest BCUT2D eigenvalue weighted by molar-refractivity contribution is 0.414. The third-order valence-electron chi connectivity index (χ3n) is 5.18. The van der Waals surface area contributed by atoms with Gasteiger partial charge in [0.05, 0.1) is 7.11 Å². The number of para-hydroxylation sites is 1. The van der Waals surface area contributed by atoms with Gasteiger partial charge in [-0.3, -0.25) is 0 Å². The van der Waals surface area contributed by atoms with Crippen molar-refractivity contribution in [2.75, 3.05) is 13.7 Å². The summed E-state index contributed by atoms with van der Waals surface area (Å²) in [6.45, 7) is 2.59. The molecule has 0 aliphatic rings. The van der Waals surface area contributed by atoms with E-state index in [0.29, 0.717) is 0 Å². The summed E-state index contributed by atoms with van der Waals surface area (Å²) in [7, 11) is 1.69. The van der Waals surface area contributed by atoms with E-state index in [1.54, 1.807) is 7.11 Å². The van der Waals surface area contributed by atoms with Crippen LogP contribution in [0.25, 0.3) is 10.9 Å². The maximum absolute atomic E-state index is 6.16. The van der Waals surface area contributed by atoms with E-state index in [1.807, 2.05) is 30.3 Å². The number of nitrogens with one attached hydrogen (secondary N) is 1. The maximum Gasteiger partial charge on any atom is 0.118 e. The van der Waals surface area contributed by atoms with Crippen molar-refractivity contribution in [3.05, 3.63) is 101 Å². The van der Waals surface area contributed by atoms with E-state index in [-0.39, 0.29) is 0 Å². The normalized spacial score (nSPS) is 11.1. The number of rotatable bonds is 8. The molecule has 0 saturated heterocycles. The molecule has 0 amide bonds. The zero-order valence-electron chi connectivity index (χ0n) is 16.6. The van der Waals surface area contributed by atoms with E-state index < -0.39 is 0 Å². The van der Waals surface area contributed by atoms with Gasteiger partial charge in [-0.2, -0.15) is 0 Å². The van der Waals surface area contributed by atoms with Gasteiger partial charge in [-0.25, -0.2) is 0 Å². The van der Waals surface area contributed by atoms with E-state index in [0.717, 1.165) is 36.8 Å². The van der Waals surface area contributed by atoms with Crippen molar-refractivity contribution < 1.29 is 4.74 Å². The van der Waals surface area contributed by atoms with Crippen LogP contribution in [-0.4, -0.2) is 18.2 Å². The summed E-state index contributed by atoms with van der Waals surface area (Å²) < 4.78 is 7.53. The Kier molecular flexibility index (Phi) is 6.18. The molecule has 148 valence electrons. The molecule has 0 saturated carbocycles. The van der Waals surface area contributed by atoms with E-state index in [1.165, 1.54) is 27.6 Å². The molecule has 0 radical (unpaired) electrons. The molecule has 4 heteroatoms. The van der Waals surface area contributed by atoms with Crippen LogP contribution in [0.5, 0.6) is 5.75 Å². The minimum atomic E-state index is 0.777. The van der Waals surface area contributed by atoms with Gasteiger partial charge >= 0.3 is 0 Å². The van der Waals surface area contributed by atoms with Gasteiger partial charge in [-0.1, -0.05) is 54.1 Å². The van der Waals surface area contributed by atoms with Crippen LogP contribution < -0.4 is 10.1 Å². The zero-order chi connectivity index (χ0) is 20.1. The summed E-state index contributed by atoms with van der Waals surface area (Å²) in [6, 6.07) is 24.9. The number of hydrogen-bond acceptors (Lipinski definition) is 2. The molecule has 0 spiro atoms. The Morgan fingerprint density at radius 1 is 0.931 bits per heavy atom. The van der Waals surface area contributed by atoms with Crippen molar-refractivity contribution in [3.63, 3.8) is 0 Å². The molecular formula is C25H25ClN2O. The maximum atomic E-state index is 6.16. The molecule has 1 aromatic heterocycles. The fraction of sp³-hybridized carbons (Fsp3) is 0.200. The van der Waals surface area contributed by atoms with E-state index in [4.69, 9.17) is 16.3 Å². The number of benzene rings is 3. The molecule has 0 atom stereocenters. The molecule has 0 fully saturated rings. The Balaban J connectivity index is 1.43. The Labute approximate surface area is 176 Å². The molecule has 0 bridgehead atoms. The van der Waals surface area contributed by atoms with Crippen LogP contribution in [0.2, 0.25) is 5.02 Å². The molecule has 1 heterocycles. The lowest BCUT2D eigenvalue weighted by Crippen LogP contribution is -2.16. The quantitative estimate of drug-likeness (QED) is 0.382. The number of hydrogen-bond donors (Lipinski definition) is 1. The van der Waals surface area contributed by atoms with E-state index in [2.05, 4.69) is 58.5 Å². The summed E-state index contributed by atoms with van der Waals surface area (Å²) in [5.41, 5.74) is 5.08. The van der Waals surface area contributed by atoms with Crippen LogP contribution in [0.15, 0.2) is 79.0 Å². The van der Waals surface area contributed by atoms with Crippen LogP contribution in [0, 0.1) is 0 Å². The topological polar surface area (TPSA) is 26.2 Å². The minimum Gasteiger partial charge on any atom is -0.497 e. The van der Waals surface area contributed by atoms with Gasteiger partial charge in [-0.05, 0) is 60.0 Å². The lowest BCUT2D eigenvalue weighted by atomic mass is 10.1. The smallest absolute Gasteiger partial charge is 0.118 e. The Morgan fingerprint density at radius 3 is 2.55 bits per heavy atom. The summed E-state index contributed by atoms with van der Waals surface area (Å²) >= 11 is 6.16. The molecular weight excluding hydrogens is 380 g/mol. The molecule has 1 N–H and O–H groups in total. The van der Waals surface area contributed by atoms with Crippen molar-refractivity contribution in [1.29, 1.82) is 0 Å². The van der Waals surface area contributed by atoms with Gasteiger partial charge in [0.25, 0.3) is 0 Å². The second-order valence-corrected chi connectivity index (χ2v) is 7.64. The van der Waals surface area contributed by atoms with Gasteiger partial charge in [0.1, 0.15) is 5.75 Å². The summed E-state index contributed by atoms with van der Waals surface area (Å²) in [5, 5.41) is 5.67. The predicted octanol–water partition coefficient (Wildman–Crippen LogP) is 5.68. The van der Waals surface area contributed by atoms with Crippen molar-refractivity contribution in [2.24, 2.45) is 0 Å². The van der Waals surface area contributed by atoms with Gasteiger partial charge in [0.2, 0.25) is 0 Å². The number of fused-ring (bicyclic) bond motifs is 1. The minimum absolute atomic E-state index is 0.777. The van der Waals surface area contributed by atoms with Crippen LogP contribution in [0.1, 0.15) is 16.7 Å². The molecule has 4 rings (SSSR count). The summed E-state index contributed by atoms with van der Waals surface area (Å²) in [4.78, 5) is 0. The molecule has 3 aromatic carbocycles. The van der Waals surface area contributed by atoms with E-state index in [9.17, 15) is 0 Å². The number of nitrogens with zero attached hydrogens (tertiary/aromatic N) is 1. The number of halogens is 1.